The topological polar surface area (TPSA) is 32.3 Å². The number of piperazine rings is 1. The molecule has 1 fully saturated rings. The molecule has 2 aromatic rings. The van der Waals surface area contributed by atoms with Crippen LogP contribution in [0.3, 0.4) is 0 Å². The molecule has 4 nitrogen and oxygen atoms in total. The van der Waals surface area contributed by atoms with Gasteiger partial charge < -0.3 is 4.90 Å². The second-order valence-corrected chi connectivity index (χ2v) is 6.28. The highest BCUT2D eigenvalue weighted by atomic mass is 35.5. The molecule has 0 radical (unpaired) electrons. The first-order valence-corrected chi connectivity index (χ1v) is 8.15. The largest absolute Gasteiger partial charge is 0.338 e. The molecule has 0 N–H and O–H groups in total. The van der Waals surface area contributed by atoms with E-state index in [2.05, 4.69) is 19.8 Å². The van der Waals surface area contributed by atoms with E-state index in [9.17, 15) is 0 Å². The van der Waals surface area contributed by atoms with Gasteiger partial charge in [0.25, 0.3) is 0 Å². The minimum atomic E-state index is 0.702. The van der Waals surface area contributed by atoms with E-state index in [-0.39, 0.29) is 0 Å². The van der Waals surface area contributed by atoms with Gasteiger partial charge >= 0.3 is 0 Å². The summed E-state index contributed by atoms with van der Waals surface area (Å²) in [5.41, 5.74) is 1.19. The zero-order valence-corrected chi connectivity index (χ0v) is 13.8. The van der Waals surface area contributed by atoms with E-state index in [4.69, 9.17) is 23.2 Å². The molecule has 0 bridgehead atoms. The standard InChI is InChI=1S/C16H18Cl2N4/c17-14-10-13(11-15(18)12-14)2-5-21-6-8-22(9-7-21)16-19-3-1-4-20-16/h1,3-4,10-12H,2,5-9H2. The maximum absolute atomic E-state index is 6.04. The van der Waals surface area contributed by atoms with Crippen molar-refractivity contribution in [3.05, 3.63) is 52.3 Å². The molecule has 1 aromatic carbocycles. The minimum absolute atomic E-state index is 0.702. The third-order valence-electron chi connectivity index (χ3n) is 3.85. The minimum Gasteiger partial charge on any atom is -0.338 e. The summed E-state index contributed by atoms with van der Waals surface area (Å²) in [6, 6.07) is 7.59. The number of aromatic nitrogens is 2. The number of hydrogen-bond acceptors (Lipinski definition) is 4. The Kier molecular flexibility index (Phi) is 5.13. The molecule has 6 heteroatoms. The average molecular weight is 337 g/mol. The molecule has 22 heavy (non-hydrogen) atoms. The molecule has 1 saturated heterocycles. The number of benzene rings is 1. The van der Waals surface area contributed by atoms with E-state index >= 15 is 0 Å². The quantitative estimate of drug-likeness (QED) is 0.858. The third-order valence-corrected chi connectivity index (χ3v) is 4.28. The fraction of sp³-hybridized carbons (Fsp3) is 0.375. The Hall–Kier alpha value is -1.36. The van der Waals surface area contributed by atoms with E-state index in [0.717, 1.165) is 45.1 Å². The highest BCUT2D eigenvalue weighted by Gasteiger charge is 2.18. The molecule has 1 aliphatic rings. The summed E-state index contributed by atoms with van der Waals surface area (Å²) in [4.78, 5) is 13.3. The highest BCUT2D eigenvalue weighted by Crippen LogP contribution is 2.19. The molecule has 0 aliphatic carbocycles. The maximum atomic E-state index is 6.04. The van der Waals surface area contributed by atoms with E-state index < -0.39 is 0 Å². The fourth-order valence-electron chi connectivity index (χ4n) is 2.67. The van der Waals surface area contributed by atoms with E-state index in [1.807, 2.05) is 18.2 Å². The van der Waals surface area contributed by atoms with Gasteiger partial charge in [0.1, 0.15) is 0 Å². The Labute approximate surface area is 140 Å². The van der Waals surface area contributed by atoms with Gasteiger partial charge in [-0.2, -0.15) is 0 Å². The molecular weight excluding hydrogens is 319 g/mol. The van der Waals surface area contributed by atoms with Crippen molar-refractivity contribution in [2.75, 3.05) is 37.6 Å². The van der Waals surface area contributed by atoms with Crippen LogP contribution in [0, 0.1) is 0 Å². The fourth-order valence-corrected chi connectivity index (χ4v) is 3.24. The molecular formula is C16H18Cl2N4. The van der Waals surface area contributed by atoms with Crippen LogP contribution in [-0.2, 0) is 6.42 Å². The van der Waals surface area contributed by atoms with Gasteiger partial charge in [-0.15, -0.1) is 0 Å². The molecule has 1 aromatic heterocycles. The molecule has 0 atom stereocenters. The van der Waals surface area contributed by atoms with Crippen LogP contribution < -0.4 is 4.90 Å². The van der Waals surface area contributed by atoms with Crippen LogP contribution in [0.5, 0.6) is 0 Å². The van der Waals surface area contributed by atoms with Crippen molar-refractivity contribution < 1.29 is 0 Å². The molecule has 116 valence electrons. The Morgan fingerprint density at radius 1 is 0.909 bits per heavy atom. The van der Waals surface area contributed by atoms with Crippen LogP contribution in [0.4, 0.5) is 5.95 Å². The predicted octanol–water partition coefficient (Wildman–Crippen LogP) is 3.15. The van der Waals surface area contributed by atoms with Crippen molar-refractivity contribution in [3.8, 4) is 0 Å². The molecule has 0 saturated carbocycles. The third kappa shape index (κ3) is 4.09. The van der Waals surface area contributed by atoms with Crippen LogP contribution in [-0.4, -0.2) is 47.6 Å². The zero-order valence-electron chi connectivity index (χ0n) is 12.3. The summed E-state index contributed by atoms with van der Waals surface area (Å²) in [6.45, 7) is 4.97. The van der Waals surface area contributed by atoms with Crippen molar-refractivity contribution in [2.45, 2.75) is 6.42 Å². The molecule has 0 spiro atoms. The molecule has 0 amide bonds. The summed E-state index contributed by atoms with van der Waals surface area (Å²) >= 11 is 12.1. The van der Waals surface area contributed by atoms with Gasteiger partial charge in [-0.25, -0.2) is 9.97 Å². The Balaban J connectivity index is 1.50. The Bertz CT molecular complexity index is 593. The zero-order chi connectivity index (χ0) is 15.4. The first-order valence-electron chi connectivity index (χ1n) is 7.40. The lowest BCUT2D eigenvalue weighted by Crippen LogP contribution is -2.47. The number of anilines is 1. The number of rotatable bonds is 4. The molecule has 1 aliphatic heterocycles. The van der Waals surface area contributed by atoms with Gasteiger partial charge in [-0.1, -0.05) is 23.2 Å². The van der Waals surface area contributed by atoms with Gasteiger partial charge in [0, 0.05) is 55.2 Å². The number of nitrogens with zero attached hydrogens (tertiary/aromatic N) is 4. The lowest BCUT2D eigenvalue weighted by molar-refractivity contribution is 0.260. The SMILES string of the molecule is Clc1cc(Cl)cc(CCN2CCN(c3ncccn3)CC2)c1. The van der Waals surface area contributed by atoms with Crippen molar-refractivity contribution in [1.29, 1.82) is 0 Å². The van der Waals surface area contributed by atoms with Crippen LogP contribution in [0.1, 0.15) is 5.56 Å². The van der Waals surface area contributed by atoms with Gasteiger partial charge in [-0.05, 0) is 36.2 Å². The van der Waals surface area contributed by atoms with Gasteiger partial charge in [0.2, 0.25) is 5.95 Å². The summed E-state index contributed by atoms with van der Waals surface area (Å²) in [5, 5.41) is 1.40. The van der Waals surface area contributed by atoms with E-state index in [1.54, 1.807) is 18.5 Å². The lowest BCUT2D eigenvalue weighted by atomic mass is 10.1. The summed E-state index contributed by atoms with van der Waals surface area (Å²) < 4.78 is 0. The second kappa shape index (κ2) is 7.27. The van der Waals surface area contributed by atoms with Crippen LogP contribution in [0.15, 0.2) is 36.7 Å². The van der Waals surface area contributed by atoms with Gasteiger partial charge in [0.05, 0.1) is 0 Å². The van der Waals surface area contributed by atoms with Crippen LogP contribution >= 0.6 is 23.2 Å². The Morgan fingerprint density at radius 3 is 2.18 bits per heavy atom. The van der Waals surface area contributed by atoms with Crippen molar-refractivity contribution in [2.24, 2.45) is 0 Å². The van der Waals surface area contributed by atoms with E-state index in [1.165, 1.54) is 5.56 Å². The summed E-state index contributed by atoms with van der Waals surface area (Å²) in [6.07, 6.45) is 4.54. The highest BCUT2D eigenvalue weighted by molar-refractivity contribution is 6.34. The monoisotopic (exact) mass is 336 g/mol. The predicted molar refractivity (Wildman–Crippen MR) is 90.9 cm³/mol. The first-order chi connectivity index (χ1) is 10.7. The van der Waals surface area contributed by atoms with Crippen molar-refractivity contribution in [3.63, 3.8) is 0 Å². The summed E-state index contributed by atoms with van der Waals surface area (Å²) in [7, 11) is 0. The smallest absolute Gasteiger partial charge is 0.225 e. The van der Waals surface area contributed by atoms with E-state index in [0.29, 0.717) is 10.0 Å². The number of halogens is 2. The Morgan fingerprint density at radius 2 is 1.55 bits per heavy atom. The lowest BCUT2D eigenvalue weighted by Gasteiger charge is -2.34. The maximum Gasteiger partial charge on any atom is 0.225 e. The summed E-state index contributed by atoms with van der Waals surface area (Å²) in [5.74, 6) is 0.823. The number of hydrogen-bond donors (Lipinski definition) is 0. The van der Waals surface area contributed by atoms with Crippen molar-refractivity contribution in [1.82, 2.24) is 14.9 Å². The molecule has 3 rings (SSSR count). The first kappa shape index (κ1) is 15.5. The molecule has 0 unspecified atom stereocenters. The van der Waals surface area contributed by atoms with Gasteiger partial charge in [0.15, 0.2) is 0 Å². The average Bonchev–Trinajstić information content (AvgIpc) is 2.53. The van der Waals surface area contributed by atoms with Gasteiger partial charge in [-0.3, -0.25) is 4.90 Å². The van der Waals surface area contributed by atoms with Crippen LogP contribution in [0.2, 0.25) is 10.0 Å². The van der Waals surface area contributed by atoms with Crippen molar-refractivity contribution >= 4 is 29.2 Å². The molecule has 2 heterocycles. The second-order valence-electron chi connectivity index (χ2n) is 5.41. The normalized spacial score (nSPS) is 16.0. The van der Waals surface area contributed by atoms with Crippen LogP contribution in [0.25, 0.3) is 0 Å².